The van der Waals surface area contributed by atoms with Gasteiger partial charge in [0.25, 0.3) is 5.91 Å². The van der Waals surface area contributed by atoms with Crippen LogP contribution in [0.3, 0.4) is 0 Å². The van der Waals surface area contributed by atoms with E-state index in [2.05, 4.69) is 10.2 Å². The van der Waals surface area contributed by atoms with Gasteiger partial charge in [-0.1, -0.05) is 18.3 Å². The predicted molar refractivity (Wildman–Crippen MR) is 60.0 cm³/mol. The first kappa shape index (κ1) is 11.3. The van der Waals surface area contributed by atoms with Crippen molar-refractivity contribution in [3.05, 3.63) is 5.01 Å². The number of nitrogens with two attached hydrogens (primary N) is 1. The Bertz CT molecular complexity index is 395. The SMILES string of the molecule is CC1CCN(C(=O)c2nnc(N)s2)CC1O. The van der Waals surface area contributed by atoms with Crippen LogP contribution < -0.4 is 5.73 Å². The number of likely N-dealkylation sites (tertiary alicyclic amines) is 1. The van der Waals surface area contributed by atoms with Gasteiger partial charge in [-0.2, -0.15) is 0 Å². The number of aliphatic hydroxyl groups excluding tert-OH is 1. The molecule has 2 rings (SSSR count). The Hall–Kier alpha value is -1.21. The third-order valence-electron chi connectivity index (χ3n) is 2.83. The fraction of sp³-hybridized carbons (Fsp3) is 0.667. The van der Waals surface area contributed by atoms with Gasteiger partial charge in [0.1, 0.15) is 0 Å². The Balaban J connectivity index is 2.06. The van der Waals surface area contributed by atoms with Crippen LogP contribution in [0.1, 0.15) is 23.1 Å². The van der Waals surface area contributed by atoms with Crippen molar-refractivity contribution >= 4 is 22.4 Å². The largest absolute Gasteiger partial charge is 0.391 e. The van der Waals surface area contributed by atoms with Crippen LogP contribution in [0.5, 0.6) is 0 Å². The van der Waals surface area contributed by atoms with Gasteiger partial charge in [0.15, 0.2) is 0 Å². The maximum Gasteiger partial charge on any atom is 0.284 e. The summed E-state index contributed by atoms with van der Waals surface area (Å²) in [5.74, 6) is 0.0451. The molecule has 1 saturated heterocycles. The van der Waals surface area contributed by atoms with Gasteiger partial charge in [0.05, 0.1) is 6.10 Å². The molecule has 2 heterocycles. The predicted octanol–water partition coefficient (Wildman–Crippen LogP) is -0.0368. The molecule has 16 heavy (non-hydrogen) atoms. The Morgan fingerprint density at radius 2 is 2.38 bits per heavy atom. The van der Waals surface area contributed by atoms with E-state index in [-0.39, 0.29) is 17.0 Å². The van der Waals surface area contributed by atoms with E-state index in [1.807, 2.05) is 6.92 Å². The van der Waals surface area contributed by atoms with Crippen molar-refractivity contribution < 1.29 is 9.90 Å². The molecular weight excluding hydrogens is 228 g/mol. The molecule has 1 aromatic rings. The molecule has 0 radical (unpaired) electrons. The maximum atomic E-state index is 11.9. The maximum absolute atomic E-state index is 11.9. The van der Waals surface area contributed by atoms with Crippen molar-refractivity contribution in [2.45, 2.75) is 19.4 Å². The highest BCUT2D eigenvalue weighted by Gasteiger charge is 2.29. The quantitative estimate of drug-likeness (QED) is 0.721. The van der Waals surface area contributed by atoms with Crippen LogP contribution in [0.25, 0.3) is 0 Å². The molecule has 1 aliphatic heterocycles. The average molecular weight is 242 g/mol. The first-order chi connectivity index (χ1) is 7.58. The minimum absolute atomic E-state index is 0.194. The van der Waals surface area contributed by atoms with Gasteiger partial charge < -0.3 is 15.7 Å². The number of piperidine rings is 1. The van der Waals surface area contributed by atoms with Gasteiger partial charge in [-0.25, -0.2) is 0 Å². The summed E-state index contributed by atoms with van der Waals surface area (Å²) in [5.41, 5.74) is 5.42. The number of anilines is 1. The van der Waals surface area contributed by atoms with E-state index < -0.39 is 6.10 Å². The van der Waals surface area contributed by atoms with Crippen molar-refractivity contribution in [3.8, 4) is 0 Å². The zero-order chi connectivity index (χ0) is 11.7. The molecule has 1 fully saturated rings. The van der Waals surface area contributed by atoms with Gasteiger partial charge >= 0.3 is 0 Å². The molecule has 2 atom stereocenters. The highest BCUT2D eigenvalue weighted by atomic mass is 32.1. The lowest BCUT2D eigenvalue weighted by Gasteiger charge is -2.33. The highest BCUT2D eigenvalue weighted by molar-refractivity contribution is 7.16. The number of aromatic nitrogens is 2. The van der Waals surface area contributed by atoms with Crippen molar-refractivity contribution in [3.63, 3.8) is 0 Å². The first-order valence-corrected chi connectivity index (χ1v) is 5.96. The smallest absolute Gasteiger partial charge is 0.284 e. The van der Waals surface area contributed by atoms with Crippen molar-refractivity contribution in [2.24, 2.45) is 5.92 Å². The summed E-state index contributed by atoms with van der Waals surface area (Å²) in [6.07, 6.45) is 0.351. The van der Waals surface area contributed by atoms with E-state index in [0.717, 1.165) is 17.8 Å². The number of rotatable bonds is 1. The molecule has 88 valence electrons. The van der Waals surface area contributed by atoms with Crippen molar-refractivity contribution in [1.29, 1.82) is 0 Å². The summed E-state index contributed by atoms with van der Waals surface area (Å²) in [4.78, 5) is 13.5. The lowest BCUT2D eigenvalue weighted by atomic mass is 9.96. The van der Waals surface area contributed by atoms with Gasteiger partial charge in [-0.3, -0.25) is 4.79 Å². The van der Waals surface area contributed by atoms with Crippen LogP contribution in [-0.2, 0) is 0 Å². The molecule has 2 unspecified atom stereocenters. The number of nitrogen functional groups attached to an aromatic ring is 1. The Morgan fingerprint density at radius 3 is 2.94 bits per heavy atom. The number of amides is 1. The van der Waals surface area contributed by atoms with E-state index in [1.165, 1.54) is 0 Å². The number of hydrogen-bond donors (Lipinski definition) is 2. The molecule has 1 amide bonds. The van der Waals surface area contributed by atoms with E-state index in [0.29, 0.717) is 18.1 Å². The standard InChI is InChI=1S/C9H14N4O2S/c1-5-2-3-13(4-6(5)14)8(15)7-11-12-9(10)16-7/h5-6,14H,2-4H2,1H3,(H2,10,12). The second kappa shape index (κ2) is 4.34. The van der Waals surface area contributed by atoms with Gasteiger partial charge in [0, 0.05) is 13.1 Å². The number of carbonyl (C=O) groups is 1. The number of β-amino-alcohol motifs (C(OH)–C–C–N with tert-alkyl or cyclic N) is 1. The summed E-state index contributed by atoms with van der Waals surface area (Å²) in [6, 6.07) is 0. The lowest BCUT2D eigenvalue weighted by molar-refractivity contribution is 0.0248. The molecule has 0 aliphatic carbocycles. The van der Waals surface area contributed by atoms with E-state index >= 15 is 0 Å². The fourth-order valence-electron chi connectivity index (χ4n) is 1.69. The van der Waals surface area contributed by atoms with Crippen LogP contribution in [-0.4, -0.2) is 45.3 Å². The number of hydrogen-bond acceptors (Lipinski definition) is 6. The fourth-order valence-corrected chi connectivity index (χ4v) is 2.27. The molecule has 0 aromatic carbocycles. The van der Waals surface area contributed by atoms with Crippen LogP contribution in [0.2, 0.25) is 0 Å². The summed E-state index contributed by atoms with van der Waals surface area (Å²) in [6.45, 7) is 2.99. The normalized spacial score (nSPS) is 25.8. The van der Waals surface area contributed by atoms with Gasteiger partial charge in [-0.05, 0) is 12.3 Å². The number of nitrogens with zero attached hydrogens (tertiary/aromatic N) is 3. The monoisotopic (exact) mass is 242 g/mol. The van der Waals surface area contributed by atoms with Crippen LogP contribution in [0, 0.1) is 5.92 Å². The molecule has 1 aromatic heterocycles. The molecule has 0 saturated carbocycles. The van der Waals surface area contributed by atoms with Crippen LogP contribution in [0.15, 0.2) is 0 Å². The summed E-state index contributed by atoms with van der Waals surface area (Å²) in [7, 11) is 0. The molecule has 0 bridgehead atoms. The zero-order valence-corrected chi connectivity index (χ0v) is 9.78. The highest BCUT2D eigenvalue weighted by Crippen LogP contribution is 2.20. The Labute approximate surface area is 97.1 Å². The average Bonchev–Trinajstić information content (AvgIpc) is 2.68. The molecule has 6 nitrogen and oxygen atoms in total. The van der Waals surface area contributed by atoms with Gasteiger partial charge in [-0.15, -0.1) is 10.2 Å². The molecular formula is C9H14N4O2S. The van der Waals surface area contributed by atoms with E-state index in [1.54, 1.807) is 4.90 Å². The first-order valence-electron chi connectivity index (χ1n) is 5.14. The summed E-state index contributed by atoms with van der Waals surface area (Å²) < 4.78 is 0. The number of aliphatic hydroxyl groups is 1. The second-order valence-electron chi connectivity index (χ2n) is 4.03. The van der Waals surface area contributed by atoms with E-state index in [4.69, 9.17) is 5.73 Å². The Morgan fingerprint density at radius 1 is 1.62 bits per heavy atom. The zero-order valence-electron chi connectivity index (χ0n) is 8.96. The van der Waals surface area contributed by atoms with Gasteiger partial charge in [0.2, 0.25) is 10.1 Å². The van der Waals surface area contributed by atoms with Crippen LogP contribution in [0.4, 0.5) is 5.13 Å². The summed E-state index contributed by atoms with van der Waals surface area (Å²) in [5, 5.41) is 17.6. The topological polar surface area (TPSA) is 92.3 Å². The minimum Gasteiger partial charge on any atom is -0.391 e. The lowest BCUT2D eigenvalue weighted by Crippen LogP contribution is -2.45. The molecule has 1 aliphatic rings. The molecule has 7 heteroatoms. The second-order valence-corrected chi connectivity index (χ2v) is 5.04. The van der Waals surface area contributed by atoms with Crippen molar-refractivity contribution in [2.75, 3.05) is 18.8 Å². The third-order valence-corrected chi connectivity index (χ3v) is 3.57. The molecule has 0 spiro atoms. The molecule has 3 N–H and O–H groups in total. The van der Waals surface area contributed by atoms with E-state index in [9.17, 15) is 9.90 Å². The third kappa shape index (κ3) is 2.14. The summed E-state index contributed by atoms with van der Waals surface area (Å²) >= 11 is 1.07. The number of carbonyl (C=O) groups excluding carboxylic acids is 1. The van der Waals surface area contributed by atoms with Crippen LogP contribution >= 0.6 is 11.3 Å². The Kier molecular flexibility index (Phi) is 3.06. The van der Waals surface area contributed by atoms with Crippen molar-refractivity contribution in [1.82, 2.24) is 15.1 Å². The minimum atomic E-state index is -0.456.